The average Bonchev–Trinajstić information content (AvgIpc) is 2.69. The second-order valence-corrected chi connectivity index (χ2v) is 4.96. The van der Waals surface area contributed by atoms with E-state index < -0.39 is 11.5 Å². The van der Waals surface area contributed by atoms with E-state index in [0.29, 0.717) is 6.42 Å². The molecule has 1 aromatic carbocycles. The molecular weight excluding hydrogens is 242 g/mol. The molecule has 2 rings (SSSR count). The molecule has 0 spiro atoms. The summed E-state index contributed by atoms with van der Waals surface area (Å²) in [5.41, 5.74) is -0.163. The third-order valence-corrected chi connectivity index (χ3v) is 3.53. The number of hydrogen-bond acceptors (Lipinski definition) is 2. The summed E-state index contributed by atoms with van der Waals surface area (Å²) in [5.74, 6) is -1.23. The van der Waals surface area contributed by atoms with Gasteiger partial charge in [-0.2, -0.15) is 0 Å². The number of amides is 1. The fraction of sp³-hybridized carbons (Fsp3) is 0.333. The number of nitrogens with zero attached hydrogens (tertiary/aromatic N) is 1. The largest absolute Gasteiger partial charge is 0.479 e. The van der Waals surface area contributed by atoms with Gasteiger partial charge in [-0.05, 0) is 25.0 Å². The molecule has 1 heterocycles. The highest BCUT2D eigenvalue weighted by atomic mass is 16.4. The second-order valence-electron chi connectivity index (χ2n) is 4.96. The van der Waals surface area contributed by atoms with E-state index in [2.05, 4.69) is 0 Å². The molecule has 0 aliphatic carbocycles. The molecule has 4 nitrogen and oxygen atoms in total. The maximum atomic E-state index is 11.8. The summed E-state index contributed by atoms with van der Waals surface area (Å²) in [6.45, 7) is 2.96. The number of carboxylic acids is 1. The Labute approximate surface area is 112 Å². The molecule has 1 amide bonds. The van der Waals surface area contributed by atoms with Crippen LogP contribution >= 0.6 is 0 Å². The van der Waals surface area contributed by atoms with Crippen LogP contribution in [-0.2, 0) is 16.0 Å². The lowest BCUT2D eigenvalue weighted by Crippen LogP contribution is -2.54. The molecule has 1 N–H and O–H groups in total. The molecule has 0 saturated carbocycles. The van der Waals surface area contributed by atoms with Gasteiger partial charge in [0, 0.05) is 6.92 Å². The number of carbonyl (C=O) groups excluding carboxylic acids is 1. The van der Waals surface area contributed by atoms with Gasteiger partial charge < -0.3 is 10.0 Å². The molecule has 19 heavy (non-hydrogen) atoms. The van der Waals surface area contributed by atoms with Crippen LogP contribution in [0.25, 0.3) is 0 Å². The van der Waals surface area contributed by atoms with Crippen molar-refractivity contribution in [1.29, 1.82) is 0 Å². The molecule has 0 aromatic heterocycles. The Hall–Kier alpha value is -2.10. The van der Waals surface area contributed by atoms with Gasteiger partial charge >= 0.3 is 5.97 Å². The van der Waals surface area contributed by atoms with Gasteiger partial charge in [-0.3, -0.25) is 4.79 Å². The lowest BCUT2D eigenvalue weighted by molar-refractivity contribution is -0.154. The third-order valence-electron chi connectivity index (χ3n) is 3.53. The van der Waals surface area contributed by atoms with Gasteiger partial charge in [-0.25, -0.2) is 4.79 Å². The van der Waals surface area contributed by atoms with Crippen LogP contribution in [-0.4, -0.2) is 33.5 Å². The van der Waals surface area contributed by atoms with Gasteiger partial charge in [0.25, 0.3) is 0 Å². The van der Waals surface area contributed by atoms with E-state index in [4.69, 9.17) is 0 Å². The Kier molecular flexibility index (Phi) is 3.42. The fourth-order valence-electron chi connectivity index (χ4n) is 2.56. The van der Waals surface area contributed by atoms with Crippen molar-refractivity contribution in [3.8, 4) is 0 Å². The molecule has 0 saturated heterocycles. The predicted octanol–water partition coefficient (Wildman–Crippen LogP) is 1.86. The summed E-state index contributed by atoms with van der Waals surface area (Å²) in [4.78, 5) is 24.6. The van der Waals surface area contributed by atoms with Gasteiger partial charge in [0.2, 0.25) is 5.91 Å². The topological polar surface area (TPSA) is 57.6 Å². The van der Waals surface area contributed by atoms with Crippen LogP contribution in [0.4, 0.5) is 0 Å². The maximum absolute atomic E-state index is 11.8. The first-order valence-corrected chi connectivity index (χ1v) is 6.22. The number of carbonyl (C=O) groups is 2. The second kappa shape index (κ2) is 4.88. The van der Waals surface area contributed by atoms with Crippen LogP contribution in [0.2, 0.25) is 0 Å². The molecule has 4 heteroatoms. The molecule has 0 radical (unpaired) electrons. The van der Waals surface area contributed by atoms with Crippen LogP contribution in [0.5, 0.6) is 0 Å². The van der Waals surface area contributed by atoms with Gasteiger partial charge in [0.15, 0.2) is 5.54 Å². The first kappa shape index (κ1) is 13.3. The van der Waals surface area contributed by atoms with Gasteiger partial charge in [-0.1, -0.05) is 36.4 Å². The Morgan fingerprint density at radius 2 is 1.95 bits per heavy atom. The van der Waals surface area contributed by atoms with E-state index in [1.54, 1.807) is 13.0 Å². The van der Waals surface area contributed by atoms with E-state index in [1.807, 2.05) is 36.4 Å². The van der Waals surface area contributed by atoms with E-state index in [9.17, 15) is 14.7 Å². The van der Waals surface area contributed by atoms with Crippen LogP contribution in [0.15, 0.2) is 42.5 Å². The first-order valence-electron chi connectivity index (χ1n) is 6.22. The molecule has 100 valence electrons. The number of carboxylic acid groups (broad SMARTS) is 1. The molecule has 0 unspecified atom stereocenters. The quantitative estimate of drug-likeness (QED) is 0.843. The highest BCUT2D eigenvalue weighted by molar-refractivity contribution is 5.89. The summed E-state index contributed by atoms with van der Waals surface area (Å²) in [6, 6.07) is 9.54. The number of hydrogen-bond donors (Lipinski definition) is 1. The van der Waals surface area contributed by atoms with Crippen molar-refractivity contribution in [1.82, 2.24) is 4.90 Å². The Bertz CT molecular complexity index is 523. The SMILES string of the molecule is CC(=O)N1[C@H](Cc2ccccc2)C=C[C@]1(C)C(=O)O. The smallest absolute Gasteiger partial charge is 0.333 e. The minimum absolute atomic E-state index is 0.207. The van der Waals surface area contributed by atoms with Crippen molar-refractivity contribution in [2.24, 2.45) is 0 Å². The number of rotatable bonds is 3. The minimum Gasteiger partial charge on any atom is -0.479 e. The first-order chi connectivity index (χ1) is 8.95. The van der Waals surface area contributed by atoms with Gasteiger partial charge in [0.05, 0.1) is 6.04 Å². The average molecular weight is 259 g/mol. The summed E-state index contributed by atoms with van der Waals surface area (Å²) in [7, 11) is 0. The van der Waals surface area contributed by atoms with Crippen molar-refractivity contribution < 1.29 is 14.7 Å². The molecular formula is C15H17NO3. The van der Waals surface area contributed by atoms with Crippen LogP contribution in [0.3, 0.4) is 0 Å². The standard InChI is InChI=1S/C15H17NO3/c1-11(17)16-13(8-9-15(16,2)14(18)19)10-12-6-4-3-5-7-12/h3-9,13H,10H2,1-2H3,(H,18,19)/t13-,15+/m0/s1. The van der Waals surface area contributed by atoms with Gasteiger partial charge in [0.1, 0.15) is 0 Å². The van der Waals surface area contributed by atoms with Crippen molar-refractivity contribution in [3.05, 3.63) is 48.0 Å². The molecule has 0 bridgehead atoms. The van der Waals surface area contributed by atoms with Crippen molar-refractivity contribution >= 4 is 11.9 Å². The van der Waals surface area contributed by atoms with Crippen LogP contribution in [0.1, 0.15) is 19.4 Å². The highest BCUT2D eigenvalue weighted by Crippen LogP contribution is 2.29. The zero-order valence-corrected chi connectivity index (χ0v) is 11.0. The van der Waals surface area contributed by atoms with E-state index in [1.165, 1.54) is 11.8 Å². The molecule has 1 aliphatic rings. The summed E-state index contributed by atoms with van der Waals surface area (Å²) in [6.07, 6.45) is 4.03. The monoisotopic (exact) mass is 259 g/mol. The van der Waals surface area contributed by atoms with Crippen molar-refractivity contribution in [2.45, 2.75) is 31.8 Å². The molecule has 1 aliphatic heterocycles. The molecule has 0 fully saturated rings. The Balaban J connectivity index is 2.26. The van der Waals surface area contributed by atoms with E-state index >= 15 is 0 Å². The molecule has 1 aromatic rings. The number of aliphatic carboxylic acids is 1. The summed E-state index contributed by atoms with van der Waals surface area (Å²) >= 11 is 0. The predicted molar refractivity (Wildman–Crippen MR) is 71.6 cm³/mol. The third kappa shape index (κ3) is 2.38. The zero-order valence-electron chi connectivity index (χ0n) is 11.0. The minimum atomic E-state index is -1.24. The Morgan fingerprint density at radius 1 is 1.32 bits per heavy atom. The van der Waals surface area contributed by atoms with Crippen molar-refractivity contribution in [3.63, 3.8) is 0 Å². The highest BCUT2D eigenvalue weighted by Gasteiger charge is 2.45. The molecule has 2 atom stereocenters. The summed E-state index contributed by atoms with van der Waals surface area (Å²) < 4.78 is 0. The van der Waals surface area contributed by atoms with Crippen molar-refractivity contribution in [2.75, 3.05) is 0 Å². The lowest BCUT2D eigenvalue weighted by Gasteiger charge is -2.34. The van der Waals surface area contributed by atoms with E-state index in [-0.39, 0.29) is 11.9 Å². The number of benzene rings is 1. The lowest BCUT2D eigenvalue weighted by atomic mass is 10.0. The zero-order chi connectivity index (χ0) is 14.0. The summed E-state index contributed by atoms with van der Waals surface area (Å²) in [5, 5.41) is 9.33. The van der Waals surface area contributed by atoms with Crippen LogP contribution < -0.4 is 0 Å². The van der Waals surface area contributed by atoms with E-state index in [0.717, 1.165) is 5.56 Å². The maximum Gasteiger partial charge on any atom is 0.333 e. The fourth-order valence-corrected chi connectivity index (χ4v) is 2.56. The Morgan fingerprint density at radius 3 is 2.47 bits per heavy atom. The van der Waals surface area contributed by atoms with Crippen LogP contribution in [0, 0.1) is 0 Å². The van der Waals surface area contributed by atoms with Gasteiger partial charge in [-0.15, -0.1) is 0 Å². The normalized spacial score (nSPS) is 25.6.